The van der Waals surface area contributed by atoms with Crippen LogP contribution in [0.25, 0.3) is 22.7 Å². The van der Waals surface area contributed by atoms with E-state index in [1.54, 1.807) is 31.3 Å². The Balaban J connectivity index is 1.40. The molecule has 7 nitrogen and oxygen atoms in total. The number of carbonyl (C=O) groups is 1. The fourth-order valence-electron chi connectivity index (χ4n) is 2.80. The summed E-state index contributed by atoms with van der Waals surface area (Å²) in [4.78, 5) is 20.9. The summed E-state index contributed by atoms with van der Waals surface area (Å²) >= 11 is 5.90. The molecule has 1 N–H and O–H groups in total. The van der Waals surface area contributed by atoms with E-state index in [1.165, 1.54) is 0 Å². The summed E-state index contributed by atoms with van der Waals surface area (Å²) in [6, 6.07) is 14.6. The highest BCUT2D eigenvalue weighted by Gasteiger charge is 2.14. The smallest absolute Gasteiger partial charge is 0.224 e. The lowest BCUT2D eigenvalue weighted by Crippen LogP contribution is -2.13. The summed E-state index contributed by atoms with van der Waals surface area (Å²) in [5.41, 5.74) is 2.19. The molecule has 2 aromatic carbocycles. The molecule has 0 fully saturated rings. The summed E-state index contributed by atoms with van der Waals surface area (Å²) in [5, 5.41) is 7.46. The topological polar surface area (TPSA) is 94.1 Å². The number of hydrogen-bond donors (Lipinski definition) is 1. The zero-order valence-corrected chi connectivity index (χ0v) is 16.3. The lowest BCUT2D eigenvalue weighted by Gasteiger charge is -2.08. The third-order valence-corrected chi connectivity index (χ3v) is 4.47. The van der Waals surface area contributed by atoms with Gasteiger partial charge in [-0.15, -0.1) is 0 Å². The van der Waals surface area contributed by atoms with E-state index in [9.17, 15) is 4.79 Å². The van der Waals surface area contributed by atoms with Crippen LogP contribution in [0, 0.1) is 6.92 Å². The molecule has 0 saturated heterocycles. The number of halogens is 1. The molecule has 0 spiro atoms. The first-order valence-electron chi connectivity index (χ1n) is 8.99. The van der Waals surface area contributed by atoms with E-state index >= 15 is 0 Å². The van der Waals surface area contributed by atoms with Crippen LogP contribution in [0.3, 0.4) is 0 Å². The Morgan fingerprint density at radius 3 is 2.69 bits per heavy atom. The molecule has 0 bridgehead atoms. The molecule has 0 atom stereocenters. The fourth-order valence-corrected chi connectivity index (χ4v) is 2.93. The van der Waals surface area contributed by atoms with E-state index in [-0.39, 0.29) is 12.3 Å². The van der Waals surface area contributed by atoms with E-state index < -0.39 is 0 Å². The average Bonchev–Trinajstić information content (AvgIpc) is 3.37. The van der Waals surface area contributed by atoms with Gasteiger partial charge in [0.05, 0.1) is 11.9 Å². The second-order valence-electron chi connectivity index (χ2n) is 6.36. The number of anilines is 1. The number of benzene rings is 2. The predicted octanol–water partition coefficient (Wildman–Crippen LogP) is 4.92. The van der Waals surface area contributed by atoms with Crippen LogP contribution in [0.4, 0.5) is 5.69 Å². The number of aromatic nitrogens is 3. The van der Waals surface area contributed by atoms with Gasteiger partial charge in [-0.25, -0.2) is 4.98 Å². The summed E-state index contributed by atoms with van der Waals surface area (Å²) in [6.07, 6.45) is 2.24. The number of aryl methyl sites for hydroxylation is 2. The Bertz CT molecular complexity index is 1130. The van der Waals surface area contributed by atoms with Gasteiger partial charge in [-0.05, 0) is 36.4 Å². The summed E-state index contributed by atoms with van der Waals surface area (Å²) in [6.45, 7) is 1.71. The van der Waals surface area contributed by atoms with Gasteiger partial charge in [0.15, 0.2) is 11.7 Å². The Morgan fingerprint density at radius 2 is 1.93 bits per heavy atom. The van der Waals surface area contributed by atoms with Crippen molar-refractivity contribution in [2.24, 2.45) is 0 Å². The van der Waals surface area contributed by atoms with E-state index in [2.05, 4.69) is 20.4 Å². The maximum absolute atomic E-state index is 12.4. The molecule has 1 amide bonds. The van der Waals surface area contributed by atoms with Crippen molar-refractivity contribution < 1.29 is 13.7 Å². The first-order chi connectivity index (χ1) is 14.1. The van der Waals surface area contributed by atoms with Crippen LogP contribution in [0.2, 0.25) is 5.02 Å². The molecule has 4 aromatic rings. The standard InChI is InChI=1S/C21H17ClN4O3/c1-13-24-21(26-29-13)16-4-2-3-5-17(16)25-19(27)10-11-20-23-12-18(28-20)14-6-8-15(22)9-7-14/h2-9,12H,10-11H2,1H3,(H,25,27). The van der Waals surface area contributed by atoms with E-state index in [4.69, 9.17) is 20.5 Å². The Morgan fingerprint density at radius 1 is 1.14 bits per heavy atom. The maximum atomic E-state index is 12.4. The Kier molecular flexibility index (Phi) is 5.39. The highest BCUT2D eigenvalue weighted by molar-refractivity contribution is 6.30. The van der Waals surface area contributed by atoms with Crippen LogP contribution < -0.4 is 5.32 Å². The number of nitrogens with zero attached hydrogens (tertiary/aromatic N) is 3. The number of oxazole rings is 1. The number of carbonyl (C=O) groups excluding carboxylic acids is 1. The molecule has 29 heavy (non-hydrogen) atoms. The zero-order chi connectivity index (χ0) is 20.2. The van der Waals surface area contributed by atoms with Gasteiger partial charge in [0.1, 0.15) is 0 Å². The molecular weight excluding hydrogens is 392 g/mol. The molecule has 2 heterocycles. The van der Waals surface area contributed by atoms with Gasteiger partial charge in [-0.3, -0.25) is 4.79 Å². The minimum absolute atomic E-state index is 0.163. The lowest BCUT2D eigenvalue weighted by molar-refractivity contribution is -0.116. The number of amides is 1. The van der Waals surface area contributed by atoms with Crippen LogP contribution >= 0.6 is 11.6 Å². The fraction of sp³-hybridized carbons (Fsp3) is 0.143. The number of rotatable bonds is 6. The van der Waals surface area contributed by atoms with Crippen molar-refractivity contribution in [2.75, 3.05) is 5.32 Å². The van der Waals surface area contributed by atoms with E-state index in [0.29, 0.717) is 46.1 Å². The van der Waals surface area contributed by atoms with Gasteiger partial charge in [-0.2, -0.15) is 4.98 Å². The van der Waals surface area contributed by atoms with Gasteiger partial charge in [-0.1, -0.05) is 28.9 Å². The monoisotopic (exact) mass is 408 g/mol. The molecule has 8 heteroatoms. The summed E-state index contributed by atoms with van der Waals surface area (Å²) < 4.78 is 10.8. The first kappa shape index (κ1) is 18.9. The third kappa shape index (κ3) is 4.52. The van der Waals surface area contributed by atoms with E-state index in [0.717, 1.165) is 5.56 Å². The van der Waals surface area contributed by atoms with Crippen LogP contribution in [-0.4, -0.2) is 21.0 Å². The van der Waals surface area contributed by atoms with Crippen molar-refractivity contribution in [3.05, 3.63) is 71.5 Å². The van der Waals surface area contributed by atoms with E-state index in [1.807, 2.05) is 30.3 Å². The number of para-hydroxylation sites is 1. The van der Waals surface area contributed by atoms with Gasteiger partial charge in [0.25, 0.3) is 0 Å². The lowest BCUT2D eigenvalue weighted by atomic mass is 10.1. The van der Waals surface area contributed by atoms with Gasteiger partial charge in [0.2, 0.25) is 17.6 Å². The highest BCUT2D eigenvalue weighted by Crippen LogP contribution is 2.26. The molecule has 2 aromatic heterocycles. The molecule has 0 aliphatic carbocycles. The second kappa shape index (κ2) is 8.28. The quantitative estimate of drug-likeness (QED) is 0.486. The van der Waals surface area contributed by atoms with Crippen molar-refractivity contribution >= 4 is 23.2 Å². The van der Waals surface area contributed by atoms with Crippen LogP contribution in [0.1, 0.15) is 18.2 Å². The third-order valence-electron chi connectivity index (χ3n) is 4.22. The predicted molar refractivity (Wildman–Crippen MR) is 108 cm³/mol. The van der Waals surface area contributed by atoms with Crippen LogP contribution in [0.5, 0.6) is 0 Å². The van der Waals surface area contributed by atoms with Crippen molar-refractivity contribution in [3.8, 4) is 22.7 Å². The molecule has 0 radical (unpaired) electrons. The maximum Gasteiger partial charge on any atom is 0.224 e. The molecule has 0 unspecified atom stereocenters. The highest BCUT2D eigenvalue weighted by atomic mass is 35.5. The second-order valence-corrected chi connectivity index (χ2v) is 6.79. The first-order valence-corrected chi connectivity index (χ1v) is 9.36. The normalized spacial score (nSPS) is 10.8. The number of hydrogen-bond acceptors (Lipinski definition) is 6. The van der Waals surface area contributed by atoms with Gasteiger partial charge < -0.3 is 14.3 Å². The Labute approximate surface area is 171 Å². The molecule has 4 rings (SSSR count). The van der Waals surface area contributed by atoms with Crippen molar-refractivity contribution in [1.82, 2.24) is 15.1 Å². The minimum atomic E-state index is -0.163. The summed E-state index contributed by atoms with van der Waals surface area (Å²) in [7, 11) is 0. The van der Waals surface area contributed by atoms with Gasteiger partial charge in [0, 0.05) is 35.9 Å². The summed E-state index contributed by atoms with van der Waals surface area (Å²) in [5.74, 6) is 1.85. The van der Waals surface area contributed by atoms with Crippen LogP contribution in [-0.2, 0) is 11.2 Å². The SMILES string of the molecule is Cc1nc(-c2ccccc2NC(=O)CCc2ncc(-c3ccc(Cl)cc3)o2)no1. The average molecular weight is 409 g/mol. The zero-order valence-electron chi connectivity index (χ0n) is 15.6. The largest absolute Gasteiger partial charge is 0.441 e. The molecule has 0 aliphatic heterocycles. The Hall–Kier alpha value is -3.45. The molecular formula is C21H17ClN4O3. The minimum Gasteiger partial charge on any atom is -0.441 e. The van der Waals surface area contributed by atoms with Crippen molar-refractivity contribution in [3.63, 3.8) is 0 Å². The van der Waals surface area contributed by atoms with Crippen LogP contribution in [0.15, 0.2) is 63.7 Å². The molecule has 0 saturated carbocycles. The number of nitrogens with one attached hydrogen (secondary N) is 1. The van der Waals surface area contributed by atoms with Gasteiger partial charge >= 0.3 is 0 Å². The molecule has 0 aliphatic rings. The van der Waals surface area contributed by atoms with Crippen molar-refractivity contribution in [1.29, 1.82) is 0 Å². The van der Waals surface area contributed by atoms with Crippen molar-refractivity contribution in [2.45, 2.75) is 19.8 Å². The molecule has 146 valence electrons.